The number of carbonyl (C=O) groups excluding carboxylic acids is 1. The van der Waals surface area contributed by atoms with Crippen LogP contribution in [0.3, 0.4) is 0 Å². The second-order valence-corrected chi connectivity index (χ2v) is 8.77. The van der Waals surface area contributed by atoms with Gasteiger partial charge in [-0.05, 0) is 37.7 Å². The lowest BCUT2D eigenvalue weighted by Gasteiger charge is -2.46. The molecule has 1 heterocycles. The number of ether oxygens (including phenoxy) is 1. The van der Waals surface area contributed by atoms with Gasteiger partial charge in [-0.25, -0.2) is 0 Å². The maximum Gasteiger partial charge on any atom is 0.326 e. The molecule has 0 spiro atoms. The summed E-state index contributed by atoms with van der Waals surface area (Å²) in [7, 11) is 1.50. The van der Waals surface area contributed by atoms with Crippen molar-refractivity contribution in [3.8, 4) is 0 Å². The van der Waals surface area contributed by atoms with Gasteiger partial charge in [-0.1, -0.05) is 73.4 Å². The number of likely N-dealkylation sites (tertiary alicyclic amines) is 1. The van der Waals surface area contributed by atoms with Gasteiger partial charge in [-0.3, -0.25) is 9.69 Å². The number of methoxy groups -OCH3 is 1. The fraction of sp³-hybridized carbons (Fsp3) is 0.560. The van der Waals surface area contributed by atoms with Crippen molar-refractivity contribution in [1.82, 2.24) is 4.90 Å². The molecule has 3 aliphatic rings. The highest BCUT2D eigenvalue weighted by Crippen LogP contribution is 2.45. The third-order valence-corrected chi connectivity index (χ3v) is 7.07. The molecule has 156 valence electrons. The molecule has 4 rings (SSSR count). The van der Waals surface area contributed by atoms with E-state index in [0.29, 0.717) is 6.42 Å². The lowest BCUT2D eigenvalue weighted by molar-refractivity contribution is -0.161. The fourth-order valence-corrected chi connectivity index (χ4v) is 5.66. The molecule has 4 nitrogen and oxygen atoms in total. The van der Waals surface area contributed by atoms with Crippen LogP contribution in [-0.4, -0.2) is 47.3 Å². The summed E-state index contributed by atoms with van der Waals surface area (Å²) >= 11 is 0. The highest BCUT2D eigenvalue weighted by Gasteiger charge is 2.54. The Labute approximate surface area is 174 Å². The quantitative estimate of drug-likeness (QED) is 0.604. The Balaban J connectivity index is 1.71. The minimum absolute atomic E-state index is 0.104. The van der Waals surface area contributed by atoms with Crippen LogP contribution in [0.5, 0.6) is 0 Å². The van der Waals surface area contributed by atoms with Crippen molar-refractivity contribution in [3.63, 3.8) is 0 Å². The Morgan fingerprint density at radius 2 is 1.97 bits per heavy atom. The topological polar surface area (TPSA) is 49.8 Å². The molecule has 1 aromatic rings. The standard InChI is InChI=1S/C25H33NO3/c1-29-24(28)25(15-9-4-10-16-25)26-18-20-13-7-3-8-14-21(20)23(26)22(27)17-19-11-5-2-6-12-19/h2,5-6,8,11-14,21-23,27H,3-4,7,9-10,15-18H2,1H3/t21-,22+,23-/m1/s1. The van der Waals surface area contributed by atoms with Crippen molar-refractivity contribution in [2.24, 2.45) is 5.92 Å². The first-order valence-corrected chi connectivity index (χ1v) is 11.1. The van der Waals surface area contributed by atoms with Gasteiger partial charge < -0.3 is 9.84 Å². The summed E-state index contributed by atoms with van der Waals surface area (Å²) in [4.78, 5) is 15.4. The van der Waals surface area contributed by atoms with Gasteiger partial charge in [0.15, 0.2) is 0 Å². The van der Waals surface area contributed by atoms with E-state index >= 15 is 0 Å². The smallest absolute Gasteiger partial charge is 0.326 e. The Bertz CT molecular complexity index is 764. The molecule has 2 fully saturated rings. The van der Waals surface area contributed by atoms with Crippen molar-refractivity contribution < 1.29 is 14.6 Å². The molecule has 2 aliphatic carbocycles. The number of hydrogen-bond donors (Lipinski definition) is 1. The number of rotatable bonds is 5. The van der Waals surface area contributed by atoms with Crippen LogP contribution in [0, 0.1) is 5.92 Å². The molecule has 29 heavy (non-hydrogen) atoms. The molecule has 1 aliphatic heterocycles. The maximum absolute atomic E-state index is 13.1. The average molecular weight is 396 g/mol. The van der Waals surface area contributed by atoms with Crippen LogP contribution < -0.4 is 0 Å². The number of fused-ring (bicyclic) bond motifs is 1. The van der Waals surface area contributed by atoms with E-state index in [2.05, 4.69) is 35.3 Å². The molecule has 0 bridgehead atoms. The number of aliphatic hydroxyl groups is 1. The van der Waals surface area contributed by atoms with E-state index in [-0.39, 0.29) is 17.9 Å². The van der Waals surface area contributed by atoms with Gasteiger partial charge in [-0.15, -0.1) is 0 Å². The minimum Gasteiger partial charge on any atom is -0.468 e. The summed E-state index contributed by atoms with van der Waals surface area (Å²) in [5.41, 5.74) is 1.87. The summed E-state index contributed by atoms with van der Waals surface area (Å²) in [6.45, 7) is 0.751. The first kappa shape index (κ1) is 20.4. The minimum atomic E-state index is -0.615. The van der Waals surface area contributed by atoms with Gasteiger partial charge in [0.05, 0.1) is 13.2 Å². The van der Waals surface area contributed by atoms with Crippen LogP contribution in [0.25, 0.3) is 0 Å². The van der Waals surface area contributed by atoms with Crippen LogP contribution in [0.4, 0.5) is 0 Å². The number of esters is 1. The molecular formula is C25H33NO3. The van der Waals surface area contributed by atoms with Gasteiger partial charge in [0, 0.05) is 18.5 Å². The van der Waals surface area contributed by atoms with Crippen LogP contribution in [0.1, 0.15) is 50.5 Å². The molecule has 3 atom stereocenters. The van der Waals surface area contributed by atoms with Crippen LogP contribution >= 0.6 is 0 Å². The van der Waals surface area contributed by atoms with Gasteiger partial charge in [-0.2, -0.15) is 0 Å². The lowest BCUT2D eigenvalue weighted by Crippen LogP contribution is -2.61. The van der Waals surface area contributed by atoms with Gasteiger partial charge in [0.1, 0.15) is 5.54 Å². The summed E-state index contributed by atoms with van der Waals surface area (Å²) in [6.07, 6.45) is 13.8. The van der Waals surface area contributed by atoms with E-state index in [4.69, 9.17) is 4.74 Å². The zero-order valence-electron chi connectivity index (χ0n) is 17.4. The van der Waals surface area contributed by atoms with Gasteiger partial charge in [0.2, 0.25) is 0 Å². The SMILES string of the molecule is COC(=O)C1(N2CC3=CCCC=C[C@H]3[C@@H]2[C@@H](O)Cc2ccccc2)CCCCC1. The largest absolute Gasteiger partial charge is 0.468 e. The predicted octanol–water partition coefficient (Wildman–Crippen LogP) is 4.04. The zero-order chi connectivity index (χ0) is 20.3. The zero-order valence-corrected chi connectivity index (χ0v) is 17.4. The first-order valence-electron chi connectivity index (χ1n) is 11.1. The molecule has 4 heteroatoms. The lowest BCUT2D eigenvalue weighted by atomic mass is 9.78. The van der Waals surface area contributed by atoms with Gasteiger partial charge >= 0.3 is 5.97 Å². The monoisotopic (exact) mass is 395 g/mol. The van der Waals surface area contributed by atoms with E-state index in [1.807, 2.05) is 18.2 Å². The van der Waals surface area contributed by atoms with Crippen LogP contribution in [0.2, 0.25) is 0 Å². The number of allylic oxidation sites excluding steroid dienone is 2. The van der Waals surface area contributed by atoms with Crippen molar-refractivity contribution in [3.05, 3.63) is 59.7 Å². The summed E-state index contributed by atoms with van der Waals surface area (Å²) in [5.74, 6) is 0.0369. The number of hydrogen-bond acceptors (Lipinski definition) is 4. The predicted molar refractivity (Wildman–Crippen MR) is 114 cm³/mol. The summed E-state index contributed by atoms with van der Waals surface area (Å²) < 4.78 is 5.33. The van der Waals surface area contributed by atoms with Crippen molar-refractivity contribution >= 4 is 5.97 Å². The van der Waals surface area contributed by atoms with E-state index in [0.717, 1.165) is 57.1 Å². The van der Waals surface area contributed by atoms with E-state index in [1.165, 1.54) is 12.7 Å². The molecular weight excluding hydrogens is 362 g/mol. The number of benzene rings is 1. The summed E-state index contributed by atoms with van der Waals surface area (Å²) in [5, 5.41) is 11.4. The second kappa shape index (κ2) is 8.85. The number of nitrogens with zero attached hydrogens (tertiary/aromatic N) is 1. The third-order valence-electron chi connectivity index (χ3n) is 7.07. The molecule has 0 aromatic heterocycles. The van der Waals surface area contributed by atoms with E-state index < -0.39 is 11.6 Å². The first-order chi connectivity index (χ1) is 14.2. The number of aliphatic hydroxyl groups excluding tert-OH is 1. The average Bonchev–Trinajstić information content (AvgIpc) is 2.98. The normalized spacial score (nSPS) is 27.6. The highest BCUT2D eigenvalue weighted by atomic mass is 16.5. The Morgan fingerprint density at radius 1 is 1.21 bits per heavy atom. The van der Waals surface area contributed by atoms with Crippen molar-refractivity contribution in [2.45, 2.75) is 69.1 Å². The molecule has 1 saturated carbocycles. The third kappa shape index (κ3) is 3.93. The molecule has 1 saturated heterocycles. The molecule has 0 unspecified atom stereocenters. The highest BCUT2D eigenvalue weighted by molar-refractivity contribution is 5.81. The molecule has 1 aromatic carbocycles. The van der Waals surface area contributed by atoms with Crippen LogP contribution in [-0.2, 0) is 16.0 Å². The molecule has 0 amide bonds. The van der Waals surface area contributed by atoms with Crippen molar-refractivity contribution in [1.29, 1.82) is 0 Å². The Kier molecular flexibility index (Phi) is 6.21. The van der Waals surface area contributed by atoms with Crippen LogP contribution in [0.15, 0.2) is 54.1 Å². The Hall–Kier alpha value is -1.91. The van der Waals surface area contributed by atoms with Crippen molar-refractivity contribution in [2.75, 3.05) is 13.7 Å². The van der Waals surface area contributed by atoms with Gasteiger partial charge in [0.25, 0.3) is 0 Å². The van der Waals surface area contributed by atoms with E-state index in [9.17, 15) is 9.90 Å². The second-order valence-electron chi connectivity index (χ2n) is 8.77. The maximum atomic E-state index is 13.1. The molecule has 1 N–H and O–H groups in total. The number of carbonyl (C=O) groups is 1. The molecule has 0 radical (unpaired) electrons. The van der Waals surface area contributed by atoms with E-state index in [1.54, 1.807) is 0 Å². The summed E-state index contributed by atoms with van der Waals surface area (Å²) in [6, 6.07) is 10.1. The fourth-order valence-electron chi connectivity index (χ4n) is 5.66. The Morgan fingerprint density at radius 3 is 2.69 bits per heavy atom.